The molecule has 0 aliphatic carbocycles. The van der Waals surface area contributed by atoms with Crippen LogP contribution in [0.2, 0.25) is 5.02 Å². The van der Waals surface area contributed by atoms with Crippen molar-refractivity contribution in [3.8, 4) is 0 Å². The molecule has 31 heavy (non-hydrogen) atoms. The van der Waals surface area contributed by atoms with Gasteiger partial charge in [-0.2, -0.15) is 0 Å². The van der Waals surface area contributed by atoms with E-state index in [1.807, 2.05) is 41.3 Å². The number of halogens is 1. The van der Waals surface area contributed by atoms with E-state index in [1.165, 1.54) is 10.9 Å². The molecule has 0 bridgehead atoms. The topological polar surface area (TPSA) is 62.5 Å². The second-order valence-electron chi connectivity index (χ2n) is 8.11. The number of nitrogens with zero attached hydrogens (tertiary/aromatic N) is 3. The first-order valence-corrected chi connectivity index (χ1v) is 10.7. The van der Waals surface area contributed by atoms with Gasteiger partial charge in [0.25, 0.3) is 0 Å². The molecule has 2 N–H and O–H groups in total. The third-order valence-corrected chi connectivity index (χ3v) is 6.05. The number of carbonyl (C=O) groups excluding carboxylic acids is 1. The van der Waals surface area contributed by atoms with Crippen LogP contribution in [0.3, 0.4) is 0 Å². The van der Waals surface area contributed by atoms with Crippen LogP contribution in [-0.4, -0.2) is 40.3 Å². The summed E-state index contributed by atoms with van der Waals surface area (Å²) in [6, 6.07) is 22.2. The normalized spacial score (nSPS) is 15.1. The second-order valence-corrected chi connectivity index (χ2v) is 8.55. The van der Waals surface area contributed by atoms with Crippen LogP contribution in [0.25, 0.3) is 21.7 Å². The number of hydrogen-bond acceptors (Lipinski definition) is 4. The largest absolute Gasteiger partial charge is 0.384 e. The summed E-state index contributed by atoms with van der Waals surface area (Å²) < 4.78 is 0. The maximum Gasteiger partial charge on any atom is 0.237 e. The van der Waals surface area contributed by atoms with E-state index < -0.39 is 0 Å². The number of benzene rings is 3. The monoisotopic (exact) mass is 430 g/mol. The van der Waals surface area contributed by atoms with Crippen molar-refractivity contribution in [2.45, 2.75) is 13.1 Å². The Balaban J connectivity index is 1.23. The Morgan fingerprint density at radius 1 is 0.839 bits per heavy atom. The third kappa shape index (κ3) is 4.33. The van der Waals surface area contributed by atoms with Gasteiger partial charge in [-0.15, -0.1) is 0 Å². The molecule has 0 atom stereocenters. The molecular formula is C25H23ClN4O. The molecule has 5 nitrogen and oxygen atoms in total. The first kappa shape index (κ1) is 19.8. The number of anilines is 1. The fourth-order valence-electron chi connectivity index (χ4n) is 4.19. The summed E-state index contributed by atoms with van der Waals surface area (Å²) in [5.41, 5.74) is 8.94. The van der Waals surface area contributed by atoms with Crippen LogP contribution < -0.4 is 5.73 Å². The number of piperazine rings is 1. The number of hydrogen-bond donors (Lipinski definition) is 1. The predicted molar refractivity (Wildman–Crippen MR) is 126 cm³/mol. The van der Waals surface area contributed by atoms with E-state index in [0.29, 0.717) is 18.9 Å². The lowest BCUT2D eigenvalue weighted by Crippen LogP contribution is -2.49. The lowest BCUT2D eigenvalue weighted by atomic mass is 10.1. The zero-order valence-corrected chi connectivity index (χ0v) is 17.8. The summed E-state index contributed by atoms with van der Waals surface area (Å²) in [6.07, 6.45) is 0. The number of fused-ring (bicyclic) bond motifs is 2. The van der Waals surface area contributed by atoms with Gasteiger partial charge in [0.05, 0.1) is 12.1 Å². The number of nitrogens with two attached hydrogens (primary N) is 1. The van der Waals surface area contributed by atoms with E-state index in [0.717, 1.165) is 46.5 Å². The van der Waals surface area contributed by atoms with E-state index in [9.17, 15) is 4.79 Å². The van der Waals surface area contributed by atoms with Gasteiger partial charge in [0.2, 0.25) is 5.91 Å². The Morgan fingerprint density at radius 2 is 1.55 bits per heavy atom. The molecule has 1 amide bonds. The van der Waals surface area contributed by atoms with Gasteiger partial charge in [-0.05, 0) is 64.4 Å². The average molecular weight is 431 g/mol. The highest BCUT2D eigenvalue weighted by atomic mass is 35.5. The van der Waals surface area contributed by atoms with Crippen molar-refractivity contribution in [3.05, 3.63) is 82.9 Å². The Bertz CT molecular complexity index is 1290. The molecule has 0 radical (unpaired) electrons. The maximum atomic E-state index is 12.8. The Kier molecular flexibility index (Phi) is 5.22. The zero-order valence-electron chi connectivity index (χ0n) is 17.1. The molecule has 1 fully saturated rings. The van der Waals surface area contributed by atoms with Gasteiger partial charge in [0, 0.05) is 36.6 Å². The SMILES string of the molecule is Nc1ccc2cc(CN3CCN(Cc4ccc5cc(Cl)ccc5c4)CC3=O)ccc2n1. The molecular weight excluding hydrogens is 408 g/mol. The number of pyridine rings is 1. The van der Waals surface area contributed by atoms with E-state index >= 15 is 0 Å². The van der Waals surface area contributed by atoms with Gasteiger partial charge in [0.15, 0.2) is 0 Å². The molecule has 1 saturated heterocycles. The molecule has 0 saturated carbocycles. The van der Waals surface area contributed by atoms with E-state index in [1.54, 1.807) is 6.07 Å². The summed E-state index contributed by atoms with van der Waals surface area (Å²) in [5, 5.41) is 4.08. The predicted octanol–water partition coefficient (Wildman–Crippen LogP) is 4.47. The van der Waals surface area contributed by atoms with Crippen molar-refractivity contribution >= 4 is 45.0 Å². The molecule has 0 unspecified atom stereocenters. The summed E-state index contributed by atoms with van der Waals surface area (Å²) in [4.78, 5) is 21.3. The highest BCUT2D eigenvalue weighted by molar-refractivity contribution is 6.31. The summed E-state index contributed by atoms with van der Waals surface area (Å²) >= 11 is 6.08. The number of carbonyl (C=O) groups is 1. The van der Waals surface area contributed by atoms with E-state index in [-0.39, 0.29) is 5.91 Å². The fraction of sp³-hybridized carbons (Fsp3) is 0.200. The van der Waals surface area contributed by atoms with Crippen LogP contribution in [0.15, 0.2) is 66.7 Å². The lowest BCUT2D eigenvalue weighted by molar-refractivity contribution is -0.136. The smallest absolute Gasteiger partial charge is 0.237 e. The quantitative estimate of drug-likeness (QED) is 0.519. The van der Waals surface area contributed by atoms with E-state index in [2.05, 4.69) is 34.1 Å². The molecule has 1 aliphatic rings. The average Bonchev–Trinajstić information content (AvgIpc) is 2.76. The molecule has 6 heteroatoms. The van der Waals surface area contributed by atoms with Gasteiger partial charge in [-0.3, -0.25) is 9.69 Å². The molecule has 156 valence electrons. The van der Waals surface area contributed by atoms with Gasteiger partial charge in [0.1, 0.15) is 5.82 Å². The van der Waals surface area contributed by atoms with E-state index in [4.69, 9.17) is 17.3 Å². The molecule has 1 aromatic heterocycles. The molecule has 3 aromatic carbocycles. The van der Waals surface area contributed by atoms with Crippen molar-refractivity contribution in [1.29, 1.82) is 0 Å². The minimum absolute atomic E-state index is 0.161. The van der Waals surface area contributed by atoms with Crippen LogP contribution in [0.5, 0.6) is 0 Å². The van der Waals surface area contributed by atoms with Crippen molar-refractivity contribution in [2.24, 2.45) is 0 Å². The first-order chi connectivity index (χ1) is 15.0. The molecule has 2 heterocycles. The minimum Gasteiger partial charge on any atom is -0.384 e. The Morgan fingerprint density at radius 3 is 2.42 bits per heavy atom. The maximum absolute atomic E-state index is 12.8. The van der Waals surface area contributed by atoms with Crippen LogP contribution >= 0.6 is 11.6 Å². The van der Waals surface area contributed by atoms with Crippen molar-refractivity contribution in [3.63, 3.8) is 0 Å². The first-order valence-electron chi connectivity index (χ1n) is 10.4. The van der Waals surface area contributed by atoms with Crippen LogP contribution in [0, 0.1) is 0 Å². The van der Waals surface area contributed by atoms with Crippen molar-refractivity contribution in [1.82, 2.24) is 14.8 Å². The molecule has 4 aromatic rings. The van der Waals surface area contributed by atoms with Gasteiger partial charge >= 0.3 is 0 Å². The van der Waals surface area contributed by atoms with Crippen molar-refractivity contribution in [2.75, 3.05) is 25.4 Å². The number of aromatic nitrogens is 1. The number of amides is 1. The van der Waals surface area contributed by atoms with Crippen LogP contribution in [0.4, 0.5) is 5.82 Å². The molecule has 0 spiro atoms. The number of nitrogen functional groups attached to an aromatic ring is 1. The highest BCUT2D eigenvalue weighted by Crippen LogP contribution is 2.22. The van der Waals surface area contributed by atoms with Crippen molar-refractivity contribution < 1.29 is 4.79 Å². The van der Waals surface area contributed by atoms with Gasteiger partial charge in [-0.25, -0.2) is 4.98 Å². The molecule has 5 rings (SSSR count). The van der Waals surface area contributed by atoms with Gasteiger partial charge < -0.3 is 10.6 Å². The van der Waals surface area contributed by atoms with Crippen LogP contribution in [-0.2, 0) is 17.9 Å². The zero-order chi connectivity index (χ0) is 21.4. The van der Waals surface area contributed by atoms with Crippen LogP contribution in [0.1, 0.15) is 11.1 Å². The Labute approximate surface area is 186 Å². The Hall–Kier alpha value is -3.15. The molecule has 1 aliphatic heterocycles. The second kappa shape index (κ2) is 8.17. The standard InChI is InChI=1S/C25H23ClN4O/c26-22-6-4-19-11-17(1-3-20(19)13-22)14-29-9-10-30(25(31)16-29)15-18-2-7-23-21(12-18)5-8-24(27)28-23/h1-8,11-13H,9-10,14-16H2,(H2,27,28). The third-order valence-electron chi connectivity index (χ3n) is 5.82. The summed E-state index contributed by atoms with van der Waals surface area (Å²) in [5.74, 6) is 0.677. The highest BCUT2D eigenvalue weighted by Gasteiger charge is 2.24. The fourth-order valence-corrected chi connectivity index (χ4v) is 4.37. The summed E-state index contributed by atoms with van der Waals surface area (Å²) in [7, 11) is 0. The van der Waals surface area contributed by atoms with Gasteiger partial charge in [-0.1, -0.05) is 35.9 Å². The minimum atomic E-state index is 0.161. The summed E-state index contributed by atoms with van der Waals surface area (Å²) in [6.45, 7) is 3.39. The lowest BCUT2D eigenvalue weighted by Gasteiger charge is -2.34. The number of rotatable bonds is 4.